The lowest BCUT2D eigenvalue weighted by molar-refractivity contribution is -0.148. The Labute approximate surface area is 192 Å². The van der Waals surface area contributed by atoms with Gasteiger partial charge in [0.1, 0.15) is 24.2 Å². The molecule has 2 heterocycles. The van der Waals surface area contributed by atoms with Crippen LogP contribution in [0.3, 0.4) is 0 Å². The van der Waals surface area contributed by atoms with Crippen molar-refractivity contribution in [1.29, 1.82) is 0 Å². The van der Waals surface area contributed by atoms with Crippen LogP contribution >= 0.6 is 0 Å². The molecule has 0 radical (unpaired) electrons. The normalized spacial score (nSPS) is 23.6. The topological polar surface area (TPSA) is 217 Å². The number of nitrogens with zero attached hydrogens (tertiary/aromatic N) is 2. The van der Waals surface area contributed by atoms with E-state index in [1.54, 1.807) is 0 Å². The van der Waals surface area contributed by atoms with Gasteiger partial charge in [0.15, 0.2) is 0 Å². The van der Waals surface area contributed by atoms with Gasteiger partial charge in [-0.3, -0.25) is 24.0 Å². The molecule has 0 saturated carbocycles. The molecular formula is C20H35N5O8. The monoisotopic (exact) mass is 473 g/mol. The molecular weight excluding hydrogens is 438 g/mol. The molecule has 0 aliphatic carbocycles. The van der Waals surface area contributed by atoms with E-state index in [4.69, 9.17) is 21.4 Å². The van der Waals surface area contributed by atoms with Gasteiger partial charge in [0.25, 0.3) is 5.97 Å². The fraction of sp³-hybridized carbons (Fsp3) is 0.750. The fourth-order valence-corrected chi connectivity index (χ4v) is 3.86. The molecule has 8 N–H and O–H groups in total. The van der Waals surface area contributed by atoms with Crippen molar-refractivity contribution in [2.45, 2.75) is 82.8 Å². The number of aliphatic hydroxyl groups is 2. The third-order valence-corrected chi connectivity index (χ3v) is 5.55. The summed E-state index contributed by atoms with van der Waals surface area (Å²) in [6.07, 6.45) is -0.170. The van der Waals surface area contributed by atoms with Crippen LogP contribution in [0.5, 0.6) is 0 Å². The fourth-order valence-electron chi connectivity index (χ4n) is 3.86. The Balaban J connectivity index is 0.00000125. The highest BCUT2D eigenvalue weighted by Crippen LogP contribution is 2.25. The summed E-state index contributed by atoms with van der Waals surface area (Å²) in [5, 5.41) is 29.1. The molecule has 2 fully saturated rings. The third-order valence-electron chi connectivity index (χ3n) is 5.55. The van der Waals surface area contributed by atoms with Gasteiger partial charge in [0.2, 0.25) is 23.6 Å². The van der Waals surface area contributed by atoms with Gasteiger partial charge in [-0.05, 0) is 39.5 Å². The molecule has 2 aliphatic heterocycles. The predicted molar refractivity (Wildman–Crippen MR) is 115 cm³/mol. The van der Waals surface area contributed by atoms with Crippen molar-refractivity contribution in [3.05, 3.63) is 0 Å². The minimum Gasteiger partial charge on any atom is -0.481 e. The summed E-state index contributed by atoms with van der Waals surface area (Å²) in [7, 11) is 0. The predicted octanol–water partition coefficient (Wildman–Crippen LogP) is -2.88. The Morgan fingerprint density at radius 3 is 1.88 bits per heavy atom. The van der Waals surface area contributed by atoms with Crippen molar-refractivity contribution in [2.24, 2.45) is 11.5 Å². The van der Waals surface area contributed by atoms with Crippen LogP contribution in [0.4, 0.5) is 0 Å². The second kappa shape index (κ2) is 12.5. The minimum absolute atomic E-state index is 0.341. The third kappa shape index (κ3) is 7.65. The van der Waals surface area contributed by atoms with Crippen molar-refractivity contribution in [3.63, 3.8) is 0 Å². The zero-order valence-electron chi connectivity index (χ0n) is 19.1. The molecule has 188 valence electrons. The lowest BCUT2D eigenvalue weighted by atomic mass is 10.1. The molecule has 0 bridgehead atoms. The lowest BCUT2D eigenvalue weighted by Gasteiger charge is -2.33. The van der Waals surface area contributed by atoms with Crippen molar-refractivity contribution in [3.8, 4) is 0 Å². The van der Waals surface area contributed by atoms with Gasteiger partial charge >= 0.3 is 0 Å². The zero-order chi connectivity index (χ0) is 25.5. The number of carboxylic acids is 1. The van der Waals surface area contributed by atoms with Crippen LogP contribution in [0.15, 0.2) is 0 Å². The van der Waals surface area contributed by atoms with E-state index in [1.807, 2.05) is 0 Å². The summed E-state index contributed by atoms with van der Waals surface area (Å²) < 4.78 is 0. The highest BCUT2D eigenvalue weighted by Gasteiger charge is 2.43. The zero-order valence-corrected chi connectivity index (χ0v) is 19.1. The first kappa shape index (κ1) is 28.3. The molecule has 13 nitrogen and oxygen atoms in total. The maximum absolute atomic E-state index is 13.1. The summed E-state index contributed by atoms with van der Waals surface area (Å²) in [4.78, 5) is 61.5. The molecule has 0 aromatic carbocycles. The van der Waals surface area contributed by atoms with E-state index in [-0.39, 0.29) is 5.91 Å². The van der Waals surface area contributed by atoms with Crippen LogP contribution in [0.2, 0.25) is 0 Å². The summed E-state index contributed by atoms with van der Waals surface area (Å²) in [6.45, 7) is 4.52. The molecule has 2 aliphatic rings. The highest BCUT2D eigenvalue weighted by atomic mass is 16.4. The number of aliphatic carboxylic acids is 1. The highest BCUT2D eigenvalue weighted by molar-refractivity contribution is 5.95. The molecule has 6 unspecified atom stereocenters. The van der Waals surface area contributed by atoms with Crippen LogP contribution in [0.1, 0.15) is 46.5 Å². The van der Waals surface area contributed by atoms with Gasteiger partial charge in [-0.2, -0.15) is 0 Å². The Bertz CT molecular complexity index is 740. The smallest absolute Gasteiger partial charge is 0.300 e. The number of carbonyl (C=O) groups is 5. The van der Waals surface area contributed by atoms with Crippen LogP contribution in [-0.4, -0.2) is 104 Å². The van der Waals surface area contributed by atoms with E-state index in [0.717, 1.165) is 6.92 Å². The van der Waals surface area contributed by atoms with Crippen LogP contribution in [0.25, 0.3) is 0 Å². The number of carboxylic acid groups (broad SMARTS) is 1. The molecule has 2 saturated heterocycles. The minimum atomic E-state index is -1.26. The Hall–Kier alpha value is -2.77. The number of likely N-dealkylation sites (tertiary alicyclic amines) is 2. The maximum Gasteiger partial charge on any atom is 0.300 e. The average molecular weight is 474 g/mol. The van der Waals surface area contributed by atoms with E-state index >= 15 is 0 Å². The average Bonchev–Trinajstić information content (AvgIpc) is 3.38. The van der Waals surface area contributed by atoms with Crippen LogP contribution < -0.4 is 16.8 Å². The lowest BCUT2D eigenvalue weighted by Crippen LogP contribution is -2.58. The van der Waals surface area contributed by atoms with Crippen molar-refractivity contribution < 1.29 is 39.3 Å². The number of hydrogen-bond donors (Lipinski definition) is 6. The molecule has 0 spiro atoms. The first-order chi connectivity index (χ1) is 15.3. The number of hydrogen-bond acceptors (Lipinski definition) is 8. The molecule has 33 heavy (non-hydrogen) atoms. The number of rotatable bonds is 7. The first-order valence-corrected chi connectivity index (χ1v) is 10.8. The number of carbonyl (C=O) groups excluding carboxylic acids is 4. The van der Waals surface area contributed by atoms with Gasteiger partial charge in [0.05, 0.1) is 12.2 Å². The van der Waals surface area contributed by atoms with E-state index in [2.05, 4.69) is 5.32 Å². The van der Waals surface area contributed by atoms with Crippen molar-refractivity contribution in [1.82, 2.24) is 15.1 Å². The van der Waals surface area contributed by atoms with Gasteiger partial charge < -0.3 is 41.9 Å². The Morgan fingerprint density at radius 1 is 0.939 bits per heavy atom. The summed E-state index contributed by atoms with van der Waals surface area (Å²) in [6, 6.07) is -3.94. The molecule has 0 aromatic heterocycles. The van der Waals surface area contributed by atoms with Crippen LogP contribution in [0, 0.1) is 0 Å². The van der Waals surface area contributed by atoms with Crippen molar-refractivity contribution >= 4 is 29.6 Å². The molecule has 4 amide bonds. The first-order valence-electron chi connectivity index (χ1n) is 10.8. The second-order valence-electron chi connectivity index (χ2n) is 8.29. The second-order valence-corrected chi connectivity index (χ2v) is 8.29. The largest absolute Gasteiger partial charge is 0.481 e. The molecule has 6 atom stereocenters. The SMILES string of the molecule is CC(=O)O.CC(O)C(N)C(=O)N1CCCC1C(=O)N1CCCC1C(=O)NC(C(N)=O)C(C)O. The molecule has 0 aromatic rings. The summed E-state index contributed by atoms with van der Waals surface area (Å²) >= 11 is 0. The van der Waals surface area contributed by atoms with E-state index in [9.17, 15) is 29.4 Å². The standard InChI is InChI=1S/C18H31N5O6.C2H4O2/c1-9(24)13(19)18(29)23-8-4-6-12(23)17(28)22-7-3-5-11(22)16(27)21-14(10(2)25)15(20)26;1-2(3)4/h9-14,24-25H,3-8,19H2,1-2H3,(H2,20,26)(H,21,27);1H3,(H,3,4). The molecule has 2 rings (SSSR count). The maximum atomic E-state index is 13.1. The van der Waals surface area contributed by atoms with Gasteiger partial charge in [-0.15, -0.1) is 0 Å². The van der Waals surface area contributed by atoms with Crippen molar-refractivity contribution in [2.75, 3.05) is 13.1 Å². The summed E-state index contributed by atoms with van der Waals surface area (Å²) in [5.41, 5.74) is 11.0. The Morgan fingerprint density at radius 2 is 1.42 bits per heavy atom. The number of nitrogens with two attached hydrogens (primary N) is 2. The van der Waals surface area contributed by atoms with Gasteiger partial charge in [0, 0.05) is 20.0 Å². The van der Waals surface area contributed by atoms with E-state index < -0.39 is 60.1 Å². The van der Waals surface area contributed by atoms with Gasteiger partial charge in [-0.1, -0.05) is 0 Å². The Kier molecular flexibility index (Phi) is 10.7. The number of primary amides is 1. The quantitative estimate of drug-likeness (QED) is 0.223. The number of amides is 4. The van der Waals surface area contributed by atoms with E-state index in [0.29, 0.717) is 38.8 Å². The van der Waals surface area contributed by atoms with E-state index in [1.165, 1.54) is 23.6 Å². The summed E-state index contributed by atoms with van der Waals surface area (Å²) in [5.74, 6) is -3.14. The number of nitrogens with one attached hydrogen (secondary N) is 1. The number of aliphatic hydroxyl groups excluding tert-OH is 2. The van der Waals surface area contributed by atoms with Gasteiger partial charge in [-0.25, -0.2) is 0 Å². The molecule has 13 heteroatoms. The van der Waals surface area contributed by atoms with Crippen LogP contribution in [-0.2, 0) is 24.0 Å².